The van der Waals surface area contributed by atoms with Crippen LogP contribution in [0.4, 0.5) is 0 Å². The van der Waals surface area contributed by atoms with E-state index in [1.807, 2.05) is 18.2 Å². The molecule has 0 bridgehead atoms. The molecular weight excluding hydrogens is 462 g/mol. The van der Waals surface area contributed by atoms with Crippen LogP contribution in [0.15, 0.2) is 53.3 Å². The van der Waals surface area contributed by atoms with E-state index in [9.17, 15) is 0 Å². The lowest BCUT2D eigenvalue weighted by Gasteiger charge is -2.14. The first-order valence-corrected chi connectivity index (χ1v) is 10.9. The third kappa shape index (κ3) is 5.74. The van der Waals surface area contributed by atoms with E-state index >= 15 is 0 Å². The summed E-state index contributed by atoms with van der Waals surface area (Å²) in [6.45, 7) is 1.73. The Morgan fingerprint density at radius 1 is 0.853 bits per heavy atom. The standard InChI is InChI=1S/C24H24ClN3O6/c1-29-7-9-31-22-12-18-20(13-23(22)32-10-8-30-2)26-15-27-24(18)33-14-16-11-21(28-34-16)17-5-3-4-6-19(17)25/h3-6,11-13,15H,7-10,14H2,1-2H3. The van der Waals surface area contributed by atoms with Gasteiger partial charge in [-0.25, -0.2) is 9.97 Å². The third-order valence-corrected chi connectivity index (χ3v) is 5.14. The maximum atomic E-state index is 6.25. The van der Waals surface area contributed by atoms with Crippen LogP contribution in [0.3, 0.4) is 0 Å². The van der Waals surface area contributed by atoms with Crippen LogP contribution < -0.4 is 14.2 Å². The van der Waals surface area contributed by atoms with Crippen molar-refractivity contribution in [3.05, 3.63) is 59.6 Å². The Bertz CT molecular complexity index is 1230. The molecule has 0 atom stereocenters. The van der Waals surface area contributed by atoms with Crippen molar-refractivity contribution in [1.82, 2.24) is 15.1 Å². The van der Waals surface area contributed by atoms with Crippen molar-refractivity contribution in [1.29, 1.82) is 0 Å². The van der Waals surface area contributed by atoms with Gasteiger partial charge in [-0.2, -0.15) is 0 Å². The molecule has 0 aliphatic heterocycles. The van der Waals surface area contributed by atoms with Gasteiger partial charge < -0.3 is 28.2 Å². The monoisotopic (exact) mass is 485 g/mol. The molecule has 178 valence electrons. The minimum Gasteiger partial charge on any atom is -0.487 e. The highest BCUT2D eigenvalue weighted by Crippen LogP contribution is 2.35. The number of benzene rings is 2. The Morgan fingerprint density at radius 2 is 1.59 bits per heavy atom. The molecule has 0 spiro atoms. The molecule has 0 aliphatic rings. The zero-order chi connectivity index (χ0) is 23.8. The predicted molar refractivity (Wildman–Crippen MR) is 126 cm³/mol. The highest BCUT2D eigenvalue weighted by atomic mass is 35.5. The lowest BCUT2D eigenvalue weighted by atomic mass is 10.1. The summed E-state index contributed by atoms with van der Waals surface area (Å²) in [5.41, 5.74) is 2.06. The molecule has 0 aliphatic carbocycles. The SMILES string of the molecule is COCCOc1cc2ncnc(OCc3cc(-c4ccccc4Cl)no3)c2cc1OCCOC. The average molecular weight is 486 g/mol. The van der Waals surface area contributed by atoms with Crippen molar-refractivity contribution in [3.8, 4) is 28.6 Å². The van der Waals surface area contributed by atoms with Crippen LogP contribution >= 0.6 is 11.6 Å². The van der Waals surface area contributed by atoms with Crippen molar-refractivity contribution in [2.45, 2.75) is 6.61 Å². The molecule has 0 saturated carbocycles. The Balaban J connectivity index is 1.55. The van der Waals surface area contributed by atoms with Gasteiger partial charge in [-0.15, -0.1) is 0 Å². The molecule has 4 aromatic rings. The largest absolute Gasteiger partial charge is 0.487 e. The number of fused-ring (bicyclic) bond motifs is 1. The van der Waals surface area contributed by atoms with Crippen molar-refractivity contribution < 1.29 is 28.2 Å². The van der Waals surface area contributed by atoms with E-state index < -0.39 is 0 Å². The molecule has 0 amide bonds. The Kier molecular flexibility index (Phi) is 8.13. The van der Waals surface area contributed by atoms with Gasteiger partial charge in [0.2, 0.25) is 5.88 Å². The normalized spacial score (nSPS) is 11.0. The first kappa shape index (κ1) is 23.7. The van der Waals surface area contributed by atoms with Crippen LogP contribution in [-0.4, -0.2) is 55.8 Å². The lowest BCUT2D eigenvalue weighted by molar-refractivity contribution is 0.132. The summed E-state index contributed by atoms with van der Waals surface area (Å²) in [6, 6.07) is 12.8. The summed E-state index contributed by atoms with van der Waals surface area (Å²) in [5.74, 6) is 1.98. The van der Waals surface area contributed by atoms with Gasteiger partial charge in [0.05, 0.1) is 29.1 Å². The average Bonchev–Trinajstić information content (AvgIpc) is 3.32. The van der Waals surface area contributed by atoms with Gasteiger partial charge in [-0.1, -0.05) is 35.0 Å². The van der Waals surface area contributed by atoms with Gasteiger partial charge in [0.1, 0.15) is 25.2 Å². The van der Waals surface area contributed by atoms with E-state index in [0.29, 0.717) is 71.2 Å². The lowest BCUT2D eigenvalue weighted by Crippen LogP contribution is -2.09. The Hall–Kier alpha value is -3.40. The molecule has 34 heavy (non-hydrogen) atoms. The zero-order valence-electron chi connectivity index (χ0n) is 18.8. The fourth-order valence-electron chi connectivity index (χ4n) is 3.17. The molecule has 4 rings (SSSR count). The molecule has 0 unspecified atom stereocenters. The molecule has 0 radical (unpaired) electrons. The number of rotatable bonds is 12. The number of hydrogen-bond acceptors (Lipinski definition) is 9. The summed E-state index contributed by atoms with van der Waals surface area (Å²) < 4.78 is 33.2. The van der Waals surface area contributed by atoms with Crippen molar-refractivity contribution in [2.24, 2.45) is 0 Å². The molecule has 10 heteroatoms. The van der Waals surface area contributed by atoms with Crippen LogP contribution in [0.25, 0.3) is 22.2 Å². The summed E-state index contributed by atoms with van der Waals surface area (Å²) in [4.78, 5) is 8.63. The molecule has 2 aromatic carbocycles. The Labute approximate surface area is 201 Å². The molecule has 0 saturated heterocycles. The summed E-state index contributed by atoms with van der Waals surface area (Å²) in [6.07, 6.45) is 1.43. The first-order valence-electron chi connectivity index (χ1n) is 10.5. The molecule has 9 nitrogen and oxygen atoms in total. The minimum atomic E-state index is 0.121. The van der Waals surface area contributed by atoms with Gasteiger partial charge in [0, 0.05) is 31.9 Å². The van der Waals surface area contributed by atoms with E-state index in [2.05, 4.69) is 15.1 Å². The Morgan fingerprint density at radius 3 is 2.32 bits per heavy atom. The smallest absolute Gasteiger partial charge is 0.225 e. The number of nitrogens with zero attached hydrogens (tertiary/aromatic N) is 3. The highest BCUT2D eigenvalue weighted by molar-refractivity contribution is 6.33. The summed E-state index contributed by atoms with van der Waals surface area (Å²) >= 11 is 6.25. The first-order chi connectivity index (χ1) is 16.7. The maximum absolute atomic E-state index is 6.25. The maximum Gasteiger partial charge on any atom is 0.225 e. The van der Waals surface area contributed by atoms with Crippen LogP contribution in [0, 0.1) is 0 Å². The van der Waals surface area contributed by atoms with Crippen LogP contribution in [0.5, 0.6) is 17.4 Å². The molecule has 0 fully saturated rings. The van der Waals surface area contributed by atoms with E-state index in [1.165, 1.54) is 6.33 Å². The molecule has 2 aromatic heterocycles. The highest BCUT2D eigenvalue weighted by Gasteiger charge is 2.15. The fraction of sp³-hybridized carbons (Fsp3) is 0.292. The zero-order valence-corrected chi connectivity index (χ0v) is 19.6. The van der Waals surface area contributed by atoms with Crippen molar-refractivity contribution in [3.63, 3.8) is 0 Å². The van der Waals surface area contributed by atoms with E-state index in [1.54, 1.807) is 38.5 Å². The van der Waals surface area contributed by atoms with Gasteiger partial charge in [-0.3, -0.25) is 0 Å². The summed E-state index contributed by atoms with van der Waals surface area (Å²) in [5, 5.41) is 5.35. The van der Waals surface area contributed by atoms with Gasteiger partial charge in [0.15, 0.2) is 23.9 Å². The van der Waals surface area contributed by atoms with Crippen LogP contribution in [0.2, 0.25) is 5.02 Å². The van der Waals surface area contributed by atoms with E-state index in [4.69, 9.17) is 39.8 Å². The topological polar surface area (TPSA) is 98.0 Å². The number of methoxy groups -OCH3 is 2. The molecular formula is C24H24ClN3O6. The van der Waals surface area contributed by atoms with E-state index in [0.717, 1.165) is 5.56 Å². The molecule has 2 heterocycles. The quantitative estimate of drug-likeness (QED) is 0.267. The summed E-state index contributed by atoms with van der Waals surface area (Å²) in [7, 11) is 3.22. The number of aromatic nitrogens is 3. The third-order valence-electron chi connectivity index (χ3n) is 4.81. The predicted octanol–water partition coefficient (Wildman–Crippen LogP) is 4.57. The second kappa shape index (κ2) is 11.6. The van der Waals surface area contributed by atoms with Crippen LogP contribution in [-0.2, 0) is 16.1 Å². The molecule has 0 N–H and O–H groups in total. The van der Waals surface area contributed by atoms with Crippen LogP contribution in [0.1, 0.15) is 5.76 Å². The minimum absolute atomic E-state index is 0.121. The van der Waals surface area contributed by atoms with Crippen molar-refractivity contribution >= 4 is 22.5 Å². The number of halogens is 1. The number of ether oxygens (including phenoxy) is 5. The van der Waals surface area contributed by atoms with Crippen molar-refractivity contribution in [2.75, 3.05) is 40.6 Å². The number of hydrogen-bond donors (Lipinski definition) is 0. The van der Waals surface area contributed by atoms with E-state index in [-0.39, 0.29) is 6.61 Å². The fourth-order valence-corrected chi connectivity index (χ4v) is 3.40. The van der Waals surface area contributed by atoms with Gasteiger partial charge in [-0.05, 0) is 12.1 Å². The van der Waals surface area contributed by atoms with Gasteiger partial charge in [0.25, 0.3) is 0 Å². The second-order valence-electron chi connectivity index (χ2n) is 7.12. The second-order valence-corrected chi connectivity index (χ2v) is 7.53. The van der Waals surface area contributed by atoms with Gasteiger partial charge >= 0.3 is 0 Å².